The Morgan fingerprint density at radius 1 is 1.33 bits per heavy atom. The summed E-state index contributed by atoms with van der Waals surface area (Å²) in [6, 6.07) is 0. The molecular formula is C10H15F2IN2. The van der Waals surface area contributed by atoms with Gasteiger partial charge < -0.3 is 4.90 Å². The molecule has 0 aromatic heterocycles. The second-order valence-corrected chi connectivity index (χ2v) is 6.04. The molecule has 2 heterocycles. The van der Waals surface area contributed by atoms with Crippen LogP contribution in [0.5, 0.6) is 0 Å². The first-order chi connectivity index (χ1) is 6.86. The van der Waals surface area contributed by atoms with E-state index in [4.69, 9.17) is 0 Å². The summed E-state index contributed by atoms with van der Waals surface area (Å²) in [5, 5.41) is 0. The van der Waals surface area contributed by atoms with Gasteiger partial charge in [-0.2, -0.15) is 0 Å². The van der Waals surface area contributed by atoms with Crippen molar-refractivity contribution < 1.29 is 8.78 Å². The van der Waals surface area contributed by atoms with Crippen LogP contribution in [0.15, 0.2) is 12.3 Å². The van der Waals surface area contributed by atoms with Crippen molar-refractivity contribution in [2.45, 2.75) is 19.3 Å². The Labute approximate surface area is 103 Å². The number of piperidine rings is 1. The molecule has 2 nitrogen and oxygen atoms in total. The van der Waals surface area contributed by atoms with Gasteiger partial charge in [-0.1, -0.05) is 6.58 Å². The third-order valence-corrected chi connectivity index (χ3v) is 4.33. The van der Waals surface area contributed by atoms with Crippen molar-refractivity contribution in [2.24, 2.45) is 5.41 Å². The van der Waals surface area contributed by atoms with E-state index in [1.807, 2.05) is 34.7 Å². The molecule has 2 fully saturated rings. The first-order valence-electron chi connectivity index (χ1n) is 5.05. The zero-order valence-corrected chi connectivity index (χ0v) is 10.9. The molecule has 0 aromatic carbocycles. The Kier molecular flexibility index (Phi) is 2.74. The Balaban J connectivity index is 2.08. The predicted molar refractivity (Wildman–Crippen MR) is 64.0 cm³/mol. The number of allylic oxidation sites excluding steroid dienone is 1. The van der Waals surface area contributed by atoms with Crippen LogP contribution in [0.3, 0.4) is 0 Å². The highest BCUT2D eigenvalue weighted by Crippen LogP contribution is 2.51. The Hall–Kier alpha value is 0.0900. The first kappa shape index (κ1) is 11.6. The first-order valence-corrected chi connectivity index (χ1v) is 6.02. The molecule has 15 heavy (non-hydrogen) atoms. The number of halogens is 3. The lowest BCUT2D eigenvalue weighted by Crippen LogP contribution is -2.68. The summed E-state index contributed by atoms with van der Waals surface area (Å²) >= 11 is 1.98. The number of nitrogens with zero attached hydrogens (tertiary/aromatic N) is 2. The highest BCUT2D eigenvalue weighted by molar-refractivity contribution is 14.1. The highest BCUT2D eigenvalue weighted by Gasteiger charge is 2.62. The van der Waals surface area contributed by atoms with E-state index in [-0.39, 0.29) is 6.54 Å². The molecule has 86 valence electrons. The van der Waals surface area contributed by atoms with E-state index in [9.17, 15) is 8.78 Å². The molecule has 0 aliphatic carbocycles. The van der Waals surface area contributed by atoms with Gasteiger partial charge in [-0.05, 0) is 13.3 Å². The van der Waals surface area contributed by atoms with Gasteiger partial charge in [-0.15, -0.1) is 0 Å². The van der Waals surface area contributed by atoms with E-state index >= 15 is 0 Å². The zero-order valence-electron chi connectivity index (χ0n) is 8.77. The molecule has 0 bridgehead atoms. The minimum Gasteiger partial charge on any atom is -0.374 e. The van der Waals surface area contributed by atoms with Crippen LogP contribution in [0, 0.1) is 5.41 Å². The van der Waals surface area contributed by atoms with Crippen LogP contribution >= 0.6 is 22.9 Å². The van der Waals surface area contributed by atoms with Crippen molar-refractivity contribution in [3.63, 3.8) is 0 Å². The van der Waals surface area contributed by atoms with Gasteiger partial charge >= 0.3 is 0 Å². The predicted octanol–water partition coefficient (Wildman–Crippen LogP) is 2.51. The summed E-state index contributed by atoms with van der Waals surface area (Å²) in [5.74, 6) is -2.56. The Morgan fingerprint density at radius 3 is 2.40 bits per heavy atom. The van der Waals surface area contributed by atoms with Crippen molar-refractivity contribution in [1.29, 1.82) is 0 Å². The van der Waals surface area contributed by atoms with Crippen molar-refractivity contribution in [1.82, 2.24) is 8.01 Å². The molecule has 0 unspecified atom stereocenters. The number of likely N-dealkylation sites (tertiary alicyclic amines) is 1. The van der Waals surface area contributed by atoms with Crippen LogP contribution in [0.1, 0.15) is 13.3 Å². The van der Waals surface area contributed by atoms with Gasteiger partial charge in [0.1, 0.15) is 0 Å². The molecule has 0 N–H and O–H groups in total. The maximum atomic E-state index is 13.9. The van der Waals surface area contributed by atoms with Crippen molar-refractivity contribution in [3.05, 3.63) is 12.3 Å². The summed E-state index contributed by atoms with van der Waals surface area (Å²) in [6.45, 7) is 7.26. The molecule has 5 heteroatoms. The molecule has 0 aromatic rings. The van der Waals surface area contributed by atoms with Crippen LogP contribution in [-0.4, -0.2) is 40.1 Å². The van der Waals surface area contributed by atoms with E-state index in [2.05, 4.69) is 6.58 Å². The van der Waals surface area contributed by atoms with Crippen molar-refractivity contribution >= 4 is 22.9 Å². The third kappa shape index (κ3) is 1.77. The molecule has 0 amide bonds. The number of alkyl halides is 2. The quantitative estimate of drug-likeness (QED) is 0.539. The van der Waals surface area contributed by atoms with Crippen LogP contribution in [0.2, 0.25) is 0 Å². The average molecular weight is 328 g/mol. The van der Waals surface area contributed by atoms with E-state index < -0.39 is 11.3 Å². The highest BCUT2D eigenvalue weighted by atomic mass is 127. The molecule has 1 spiro atoms. The van der Waals surface area contributed by atoms with E-state index in [1.54, 1.807) is 3.11 Å². The van der Waals surface area contributed by atoms with E-state index in [0.717, 1.165) is 12.2 Å². The van der Waals surface area contributed by atoms with Gasteiger partial charge in [0.05, 0.1) is 12.0 Å². The molecule has 2 saturated heterocycles. The summed E-state index contributed by atoms with van der Waals surface area (Å²) < 4.78 is 29.5. The van der Waals surface area contributed by atoms with Gasteiger partial charge in [0.15, 0.2) is 0 Å². The maximum absolute atomic E-state index is 13.9. The minimum atomic E-state index is -2.56. The van der Waals surface area contributed by atoms with Crippen LogP contribution in [-0.2, 0) is 0 Å². The monoisotopic (exact) mass is 328 g/mol. The summed E-state index contributed by atoms with van der Waals surface area (Å²) in [7, 11) is 0. The smallest absolute Gasteiger partial charge is 0.270 e. The average Bonchev–Trinajstić information content (AvgIpc) is 1.97. The number of hydrogen-bond acceptors (Lipinski definition) is 2. The lowest BCUT2D eigenvalue weighted by Gasteiger charge is -2.57. The SMILES string of the molecule is C=C(C)N1CC2(CCN(I)CC2(F)F)C1. The second-order valence-electron chi connectivity index (χ2n) is 4.67. The van der Waals surface area contributed by atoms with Crippen molar-refractivity contribution in [2.75, 3.05) is 26.2 Å². The number of rotatable bonds is 1. The minimum absolute atomic E-state index is 0.114. The van der Waals surface area contributed by atoms with Gasteiger partial charge in [0.2, 0.25) is 0 Å². The lowest BCUT2D eigenvalue weighted by molar-refractivity contribution is -0.205. The third-order valence-electron chi connectivity index (χ3n) is 3.51. The maximum Gasteiger partial charge on any atom is 0.270 e. The lowest BCUT2D eigenvalue weighted by atomic mass is 9.69. The van der Waals surface area contributed by atoms with Crippen molar-refractivity contribution in [3.8, 4) is 0 Å². The summed E-state index contributed by atoms with van der Waals surface area (Å²) in [6.07, 6.45) is 0.590. The van der Waals surface area contributed by atoms with Gasteiger partial charge in [0.25, 0.3) is 5.92 Å². The van der Waals surface area contributed by atoms with Crippen LogP contribution < -0.4 is 0 Å². The second kappa shape index (κ2) is 3.55. The molecule has 0 radical (unpaired) electrons. The van der Waals surface area contributed by atoms with E-state index in [0.29, 0.717) is 19.5 Å². The summed E-state index contributed by atoms with van der Waals surface area (Å²) in [5.41, 5.74) is 0.112. The number of hydrogen-bond donors (Lipinski definition) is 0. The normalized spacial score (nSPS) is 28.9. The molecule has 2 aliphatic heterocycles. The van der Waals surface area contributed by atoms with Gasteiger partial charge in [0, 0.05) is 48.2 Å². The Morgan fingerprint density at radius 2 is 1.93 bits per heavy atom. The standard InChI is InChI=1S/C10H15F2IN2/c1-8(2)14-5-9(6-14)3-4-15(13)7-10(9,11)12/h1,3-7H2,2H3. The van der Waals surface area contributed by atoms with Gasteiger partial charge in [-0.3, -0.25) is 0 Å². The molecule has 0 atom stereocenters. The zero-order chi connectivity index (χ0) is 11.3. The Bertz CT molecular complexity index is 287. The van der Waals surface area contributed by atoms with Crippen LogP contribution in [0.4, 0.5) is 8.78 Å². The van der Waals surface area contributed by atoms with E-state index in [1.165, 1.54) is 0 Å². The molecule has 2 aliphatic rings. The largest absolute Gasteiger partial charge is 0.374 e. The fraction of sp³-hybridized carbons (Fsp3) is 0.800. The molecule has 0 saturated carbocycles. The summed E-state index contributed by atoms with van der Waals surface area (Å²) in [4.78, 5) is 1.94. The van der Waals surface area contributed by atoms with Gasteiger partial charge in [-0.25, -0.2) is 11.9 Å². The fourth-order valence-electron chi connectivity index (χ4n) is 2.32. The fourth-order valence-corrected chi connectivity index (χ4v) is 2.99. The van der Waals surface area contributed by atoms with Crippen LogP contribution in [0.25, 0.3) is 0 Å². The molecule has 2 rings (SSSR count). The topological polar surface area (TPSA) is 6.48 Å². The molecular weight excluding hydrogens is 313 g/mol.